The molecule has 1 unspecified atom stereocenters. The van der Waals surface area contributed by atoms with Crippen LogP contribution in [0, 0.1) is 22.7 Å². The zero-order valence-electron chi connectivity index (χ0n) is 9.25. The lowest BCUT2D eigenvalue weighted by atomic mass is 9.85. The third-order valence-electron chi connectivity index (χ3n) is 3.55. The van der Waals surface area contributed by atoms with Crippen molar-refractivity contribution in [3.05, 3.63) is 29.8 Å². The van der Waals surface area contributed by atoms with Crippen LogP contribution in [0.3, 0.4) is 0 Å². The van der Waals surface area contributed by atoms with E-state index < -0.39 is 21.0 Å². The van der Waals surface area contributed by atoms with E-state index in [-0.39, 0.29) is 17.1 Å². The van der Waals surface area contributed by atoms with Crippen LogP contribution in [0.2, 0.25) is 0 Å². The van der Waals surface area contributed by atoms with Crippen LogP contribution in [0.1, 0.15) is 12.0 Å². The van der Waals surface area contributed by atoms with Gasteiger partial charge in [-0.25, -0.2) is 8.42 Å². The summed E-state index contributed by atoms with van der Waals surface area (Å²) in [6.07, 6.45) is 0.146. The summed E-state index contributed by atoms with van der Waals surface area (Å²) in [6, 6.07) is 10.1. The van der Waals surface area contributed by atoms with Crippen LogP contribution < -0.4 is 0 Å². The van der Waals surface area contributed by atoms with Crippen molar-refractivity contribution in [1.29, 1.82) is 10.5 Å². The molecule has 1 spiro atoms. The molecule has 5 nitrogen and oxygen atoms in total. The fourth-order valence-electron chi connectivity index (χ4n) is 2.55. The van der Waals surface area contributed by atoms with E-state index in [4.69, 9.17) is 15.3 Å². The van der Waals surface area contributed by atoms with Crippen molar-refractivity contribution in [3.8, 4) is 12.1 Å². The van der Waals surface area contributed by atoms with Gasteiger partial charge in [0.2, 0.25) is 0 Å². The molecule has 0 aliphatic carbocycles. The Morgan fingerprint density at radius 3 is 2.50 bits per heavy atom. The van der Waals surface area contributed by atoms with Gasteiger partial charge in [0.25, 0.3) is 5.60 Å². The minimum absolute atomic E-state index is 0.102. The van der Waals surface area contributed by atoms with E-state index in [9.17, 15) is 8.42 Å². The lowest BCUT2D eigenvalue weighted by Gasteiger charge is -2.22. The maximum absolute atomic E-state index is 12.0. The third kappa shape index (κ3) is 1.09. The maximum Gasteiger partial charge on any atom is 0.275 e. The summed E-state index contributed by atoms with van der Waals surface area (Å²) in [4.78, 5) is 0.170. The van der Waals surface area contributed by atoms with Crippen LogP contribution in [0.5, 0.6) is 0 Å². The quantitative estimate of drug-likeness (QED) is 0.645. The molecule has 0 radical (unpaired) electrons. The summed E-state index contributed by atoms with van der Waals surface area (Å²) in [5, 5.41) is 18.2. The SMILES string of the molecule is N#CC1(C#N)OC12CCS(=O)(=O)c1ccccc12. The molecule has 2 aliphatic heterocycles. The number of epoxide rings is 1. The molecule has 1 aromatic carbocycles. The second-order valence-corrected chi connectivity index (χ2v) is 6.48. The lowest BCUT2D eigenvalue weighted by molar-refractivity contribution is 0.281. The number of hydrogen-bond donors (Lipinski definition) is 0. The van der Waals surface area contributed by atoms with Gasteiger partial charge in [-0.05, 0) is 6.07 Å². The van der Waals surface area contributed by atoms with Crippen LogP contribution in [-0.4, -0.2) is 19.8 Å². The smallest absolute Gasteiger partial charge is 0.275 e. The van der Waals surface area contributed by atoms with Gasteiger partial charge < -0.3 is 4.74 Å². The second kappa shape index (κ2) is 3.11. The van der Waals surface area contributed by atoms with E-state index in [1.165, 1.54) is 6.07 Å². The average molecular weight is 260 g/mol. The van der Waals surface area contributed by atoms with Crippen molar-refractivity contribution in [2.45, 2.75) is 22.5 Å². The Morgan fingerprint density at radius 1 is 1.22 bits per heavy atom. The molecule has 0 bridgehead atoms. The number of nitriles is 2. The van der Waals surface area contributed by atoms with E-state index in [0.29, 0.717) is 5.56 Å². The van der Waals surface area contributed by atoms with Gasteiger partial charge in [-0.2, -0.15) is 10.5 Å². The van der Waals surface area contributed by atoms with E-state index in [0.717, 1.165) is 0 Å². The van der Waals surface area contributed by atoms with Crippen molar-refractivity contribution >= 4 is 9.84 Å². The second-order valence-electron chi connectivity index (χ2n) is 4.40. The number of nitrogens with zero attached hydrogens (tertiary/aromatic N) is 2. The topological polar surface area (TPSA) is 94.2 Å². The molecule has 3 rings (SSSR count). The van der Waals surface area contributed by atoms with Gasteiger partial charge >= 0.3 is 0 Å². The molecule has 0 amide bonds. The first-order chi connectivity index (χ1) is 8.51. The van der Waals surface area contributed by atoms with Gasteiger partial charge in [0, 0.05) is 12.0 Å². The molecule has 0 aromatic heterocycles. The molecule has 2 aliphatic rings. The van der Waals surface area contributed by atoms with Crippen molar-refractivity contribution in [2.75, 3.05) is 5.75 Å². The first-order valence-corrected chi connectivity index (χ1v) is 7.01. The average Bonchev–Trinajstić information content (AvgIpc) is 3.05. The summed E-state index contributed by atoms with van der Waals surface area (Å²) < 4.78 is 29.3. The zero-order valence-corrected chi connectivity index (χ0v) is 10.1. The minimum Gasteiger partial charge on any atom is -0.328 e. The minimum atomic E-state index is -3.34. The van der Waals surface area contributed by atoms with Crippen molar-refractivity contribution < 1.29 is 13.2 Å². The van der Waals surface area contributed by atoms with Crippen LogP contribution in [0.25, 0.3) is 0 Å². The predicted molar refractivity (Wildman–Crippen MR) is 59.8 cm³/mol. The third-order valence-corrected chi connectivity index (χ3v) is 5.32. The highest BCUT2D eigenvalue weighted by Gasteiger charge is 2.75. The van der Waals surface area contributed by atoms with Gasteiger partial charge in [0.15, 0.2) is 15.4 Å². The molecular formula is C12H8N2O3S. The van der Waals surface area contributed by atoms with E-state index in [2.05, 4.69) is 0 Å². The standard InChI is InChI=1S/C12H8N2O3S/c13-7-11(8-14)12(17-11)5-6-18(15,16)10-4-2-1-3-9(10)12/h1-4H,5-6H2. The molecule has 1 fully saturated rings. The van der Waals surface area contributed by atoms with Crippen molar-refractivity contribution in [3.63, 3.8) is 0 Å². The summed E-state index contributed by atoms with van der Waals surface area (Å²) in [7, 11) is -3.34. The van der Waals surface area contributed by atoms with E-state index in [1.54, 1.807) is 18.2 Å². The molecule has 18 heavy (non-hydrogen) atoms. The first kappa shape index (κ1) is 11.2. The van der Waals surface area contributed by atoms with Gasteiger partial charge in [-0.1, -0.05) is 18.2 Å². The predicted octanol–water partition coefficient (Wildman–Crippen LogP) is 0.875. The fourth-order valence-corrected chi connectivity index (χ4v) is 4.18. The zero-order chi connectivity index (χ0) is 13.0. The molecule has 0 N–H and O–H groups in total. The Hall–Kier alpha value is -1.89. The van der Waals surface area contributed by atoms with Gasteiger partial charge in [0.1, 0.15) is 12.1 Å². The maximum atomic E-state index is 12.0. The Bertz CT molecular complexity index is 712. The summed E-state index contributed by atoms with van der Waals surface area (Å²) >= 11 is 0. The molecule has 1 atom stereocenters. The molecule has 6 heteroatoms. The van der Waals surface area contributed by atoms with Crippen LogP contribution in [0.4, 0.5) is 0 Å². The first-order valence-electron chi connectivity index (χ1n) is 5.36. The molecular weight excluding hydrogens is 252 g/mol. The van der Waals surface area contributed by atoms with Crippen molar-refractivity contribution in [2.24, 2.45) is 0 Å². The Labute approximate surface area is 104 Å². The number of benzene rings is 1. The monoisotopic (exact) mass is 260 g/mol. The fraction of sp³-hybridized carbons (Fsp3) is 0.333. The summed E-state index contributed by atoms with van der Waals surface area (Å²) in [5.41, 5.74) is -2.18. The van der Waals surface area contributed by atoms with Gasteiger partial charge in [-0.15, -0.1) is 0 Å². The van der Waals surface area contributed by atoms with Crippen LogP contribution >= 0.6 is 0 Å². The highest BCUT2D eigenvalue weighted by Crippen LogP contribution is 2.60. The number of rotatable bonds is 0. The van der Waals surface area contributed by atoms with Crippen LogP contribution in [-0.2, 0) is 20.2 Å². The van der Waals surface area contributed by atoms with Crippen LogP contribution in [0.15, 0.2) is 29.2 Å². The Morgan fingerprint density at radius 2 is 1.89 bits per heavy atom. The Balaban J connectivity index is 2.27. The van der Waals surface area contributed by atoms with E-state index >= 15 is 0 Å². The number of hydrogen-bond acceptors (Lipinski definition) is 5. The molecule has 1 aromatic rings. The van der Waals surface area contributed by atoms with Crippen molar-refractivity contribution in [1.82, 2.24) is 0 Å². The van der Waals surface area contributed by atoms with E-state index in [1.807, 2.05) is 12.1 Å². The number of sulfone groups is 1. The highest BCUT2D eigenvalue weighted by atomic mass is 32.2. The lowest BCUT2D eigenvalue weighted by Crippen LogP contribution is -2.31. The normalized spacial score (nSPS) is 29.9. The molecule has 1 saturated heterocycles. The molecule has 2 heterocycles. The molecule has 0 saturated carbocycles. The number of fused-ring (bicyclic) bond motifs is 2. The van der Waals surface area contributed by atoms with Gasteiger partial charge in [-0.3, -0.25) is 0 Å². The number of ether oxygens (including phenoxy) is 1. The summed E-state index contributed by atoms with van der Waals surface area (Å²) in [5.74, 6) is -0.102. The van der Waals surface area contributed by atoms with Gasteiger partial charge in [0.05, 0.1) is 10.6 Å². The molecule has 90 valence electrons. The Kier molecular flexibility index (Phi) is 1.94. The highest BCUT2D eigenvalue weighted by molar-refractivity contribution is 7.91. The summed E-state index contributed by atoms with van der Waals surface area (Å²) in [6.45, 7) is 0. The largest absolute Gasteiger partial charge is 0.328 e.